The number of carbonyl (C=O) groups excluding carboxylic acids is 2. The van der Waals surface area contributed by atoms with Gasteiger partial charge in [0, 0.05) is 24.1 Å². The summed E-state index contributed by atoms with van der Waals surface area (Å²) in [6, 6.07) is 6.93. The fourth-order valence-corrected chi connectivity index (χ4v) is 2.59. The molecule has 0 aliphatic carbocycles. The van der Waals surface area contributed by atoms with Crippen LogP contribution in [0, 0.1) is 11.7 Å². The molecule has 2 aromatic rings. The van der Waals surface area contributed by atoms with E-state index in [1.54, 1.807) is 12.1 Å². The first-order valence-electron chi connectivity index (χ1n) is 8.43. The minimum Gasteiger partial charge on any atom is -0.454 e. The van der Waals surface area contributed by atoms with Gasteiger partial charge in [-0.2, -0.15) is 0 Å². The lowest BCUT2D eigenvalue weighted by Gasteiger charge is -2.11. The average Bonchev–Trinajstić information content (AvgIpc) is 3.03. The zero-order valence-electron chi connectivity index (χ0n) is 15.0. The van der Waals surface area contributed by atoms with Crippen molar-refractivity contribution in [2.75, 3.05) is 23.2 Å². The van der Waals surface area contributed by atoms with Crippen molar-refractivity contribution in [1.82, 2.24) is 0 Å². The maximum Gasteiger partial charge on any atom is 0.255 e. The lowest BCUT2D eigenvalue weighted by molar-refractivity contribution is -0.116. The summed E-state index contributed by atoms with van der Waals surface area (Å²) in [6.45, 7) is 3.87. The van der Waals surface area contributed by atoms with Crippen LogP contribution in [0.25, 0.3) is 0 Å². The summed E-state index contributed by atoms with van der Waals surface area (Å²) in [4.78, 5) is 24.2. The van der Waals surface area contributed by atoms with E-state index in [-0.39, 0.29) is 36.3 Å². The van der Waals surface area contributed by atoms with Crippen LogP contribution < -0.4 is 25.8 Å². The van der Waals surface area contributed by atoms with Gasteiger partial charge in [-0.1, -0.05) is 13.8 Å². The first-order chi connectivity index (χ1) is 12.8. The summed E-state index contributed by atoms with van der Waals surface area (Å²) >= 11 is 0. The second-order valence-corrected chi connectivity index (χ2v) is 6.59. The number of fused-ring (bicyclic) bond motifs is 1. The van der Waals surface area contributed by atoms with Crippen molar-refractivity contribution in [3.05, 3.63) is 41.7 Å². The highest BCUT2D eigenvalue weighted by molar-refractivity contribution is 6.06. The van der Waals surface area contributed by atoms with Crippen molar-refractivity contribution in [1.29, 1.82) is 0 Å². The summed E-state index contributed by atoms with van der Waals surface area (Å²) < 4.78 is 24.7. The molecule has 27 heavy (non-hydrogen) atoms. The molecule has 142 valence electrons. The molecule has 0 bridgehead atoms. The number of anilines is 3. The third-order valence-corrected chi connectivity index (χ3v) is 3.89. The second-order valence-electron chi connectivity index (χ2n) is 6.59. The minimum atomic E-state index is -0.696. The van der Waals surface area contributed by atoms with Crippen molar-refractivity contribution in [2.24, 2.45) is 5.92 Å². The van der Waals surface area contributed by atoms with Crippen molar-refractivity contribution in [3.63, 3.8) is 0 Å². The molecular weight excluding hydrogens is 353 g/mol. The Kier molecular flexibility index (Phi) is 5.16. The molecular formula is C19H20FN3O4. The molecule has 1 heterocycles. The van der Waals surface area contributed by atoms with Crippen LogP contribution in [0.2, 0.25) is 0 Å². The zero-order valence-corrected chi connectivity index (χ0v) is 15.0. The summed E-state index contributed by atoms with van der Waals surface area (Å²) in [5.41, 5.74) is 6.64. The van der Waals surface area contributed by atoms with Gasteiger partial charge in [-0.15, -0.1) is 0 Å². The van der Waals surface area contributed by atoms with Crippen molar-refractivity contribution in [2.45, 2.75) is 20.3 Å². The summed E-state index contributed by atoms with van der Waals surface area (Å²) in [5.74, 6) is -0.399. The van der Waals surface area contributed by atoms with Crippen molar-refractivity contribution in [3.8, 4) is 11.5 Å². The van der Waals surface area contributed by atoms with Crippen LogP contribution >= 0.6 is 0 Å². The molecule has 0 aromatic heterocycles. The van der Waals surface area contributed by atoms with Gasteiger partial charge in [0.1, 0.15) is 5.82 Å². The van der Waals surface area contributed by atoms with Crippen LogP contribution in [-0.2, 0) is 4.79 Å². The molecule has 0 radical (unpaired) electrons. The molecule has 0 spiro atoms. The van der Waals surface area contributed by atoms with E-state index in [1.165, 1.54) is 12.1 Å². The van der Waals surface area contributed by atoms with E-state index >= 15 is 0 Å². The number of rotatable bonds is 5. The number of nitrogens with one attached hydrogen (secondary N) is 2. The number of amides is 2. The topological polar surface area (TPSA) is 103 Å². The van der Waals surface area contributed by atoms with E-state index in [0.29, 0.717) is 22.9 Å². The van der Waals surface area contributed by atoms with E-state index in [1.807, 2.05) is 13.8 Å². The molecule has 7 nitrogen and oxygen atoms in total. The highest BCUT2D eigenvalue weighted by Crippen LogP contribution is 2.38. The van der Waals surface area contributed by atoms with Gasteiger partial charge < -0.3 is 25.8 Å². The average molecular weight is 373 g/mol. The number of ether oxygens (including phenoxy) is 2. The third-order valence-electron chi connectivity index (χ3n) is 3.89. The molecule has 0 saturated carbocycles. The molecule has 8 heteroatoms. The Balaban J connectivity index is 1.72. The predicted octanol–water partition coefficient (Wildman–Crippen LogP) is 3.37. The molecule has 3 rings (SSSR count). The van der Waals surface area contributed by atoms with Gasteiger partial charge in [0.15, 0.2) is 11.5 Å². The number of carbonyl (C=O) groups is 2. The van der Waals surface area contributed by atoms with E-state index in [0.717, 1.165) is 6.07 Å². The Morgan fingerprint density at radius 3 is 2.48 bits per heavy atom. The highest BCUT2D eigenvalue weighted by atomic mass is 19.1. The van der Waals surface area contributed by atoms with Crippen LogP contribution in [0.5, 0.6) is 11.5 Å². The van der Waals surface area contributed by atoms with E-state index in [4.69, 9.17) is 15.2 Å². The van der Waals surface area contributed by atoms with E-state index in [2.05, 4.69) is 10.6 Å². The van der Waals surface area contributed by atoms with E-state index in [9.17, 15) is 14.0 Å². The molecule has 0 saturated heterocycles. The molecule has 0 atom stereocenters. The molecule has 2 amide bonds. The summed E-state index contributed by atoms with van der Waals surface area (Å²) in [6.07, 6.45) is 0.283. The van der Waals surface area contributed by atoms with Crippen LogP contribution in [0.15, 0.2) is 30.3 Å². The van der Waals surface area contributed by atoms with Gasteiger partial charge in [0.25, 0.3) is 5.91 Å². The maximum atomic E-state index is 14.3. The van der Waals surface area contributed by atoms with Gasteiger partial charge in [0.2, 0.25) is 12.7 Å². The largest absolute Gasteiger partial charge is 0.454 e. The van der Waals surface area contributed by atoms with Crippen molar-refractivity contribution >= 4 is 28.9 Å². The number of nitrogen functional groups attached to an aromatic ring is 1. The Bertz CT molecular complexity index is 899. The zero-order chi connectivity index (χ0) is 19.6. The predicted molar refractivity (Wildman–Crippen MR) is 99.4 cm³/mol. The molecule has 1 aliphatic heterocycles. The lowest BCUT2D eigenvalue weighted by Crippen LogP contribution is -2.16. The summed E-state index contributed by atoms with van der Waals surface area (Å²) in [5, 5.41) is 5.11. The van der Waals surface area contributed by atoms with Crippen molar-refractivity contribution < 1.29 is 23.5 Å². The Hall–Kier alpha value is -3.29. The standard InChI is InChI=1S/C19H20FN3O4/c1-10(2)5-18(24)22-14-4-3-11(6-12(14)20)19(25)23-15-8-17-16(7-13(15)21)26-9-27-17/h3-4,6-8,10H,5,9,21H2,1-2H3,(H,22,24)(H,23,25). The smallest absolute Gasteiger partial charge is 0.255 e. The van der Waals surface area contributed by atoms with Crippen LogP contribution in [-0.4, -0.2) is 18.6 Å². The van der Waals surface area contributed by atoms with Gasteiger partial charge in [-0.05, 0) is 24.1 Å². The highest BCUT2D eigenvalue weighted by Gasteiger charge is 2.18. The first-order valence-corrected chi connectivity index (χ1v) is 8.43. The minimum absolute atomic E-state index is 0.0276. The fourth-order valence-electron chi connectivity index (χ4n) is 2.59. The van der Waals surface area contributed by atoms with Crippen LogP contribution in [0.1, 0.15) is 30.6 Å². The summed E-state index contributed by atoms with van der Waals surface area (Å²) in [7, 11) is 0. The van der Waals surface area contributed by atoms with Gasteiger partial charge >= 0.3 is 0 Å². The molecule has 4 N–H and O–H groups in total. The molecule has 0 fully saturated rings. The molecule has 0 unspecified atom stereocenters. The van der Waals surface area contributed by atoms with Crippen LogP contribution in [0.4, 0.5) is 21.5 Å². The lowest BCUT2D eigenvalue weighted by atomic mass is 10.1. The molecule has 1 aliphatic rings. The third kappa shape index (κ3) is 4.28. The SMILES string of the molecule is CC(C)CC(=O)Nc1ccc(C(=O)Nc2cc3c(cc2N)OCO3)cc1F. The monoisotopic (exact) mass is 373 g/mol. The van der Waals surface area contributed by atoms with Crippen LogP contribution in [0.3, 0.4) is 0 Å². The quantitative estimate of drug-likeness (QED) is 0.697. The Labute approximate surface area is 155 Å². The van der Waals surface area contributed by atoms with Gasteiger partial charge in [-0.25, -0.2) is 4.39 Å². The van der Waals surface area contributed by atoms with E-state index < -0.39 is 11.7 Å². The normalized spacial score (nSPS) is 12.1. The van der Waals surface area contributed by atoms with Gasteiger partial charge in [-0.3, -0.25) is 9.59 Å². The first kappa shape index (κ1) is 18.5. The Morgan fingerprint density at radius 1 is 1.11 bits per heavy atom. The number of halogens is 1. The second kappa shape index (κ2) is 7.53. The maximum absolute atomic E-state index is 14.3. The number of nitrogens with two attached hydrogens (primary N) is 1. The fraction of sp³-hybridized carbons (Fsp3) is 0.263. The number of hydrogen-bond donors (Lipinski definition) is 3. The Morgan fingerprint density at radius 2 is 1.81 bits per heavy atom. The van der Waals surface area contributed by atoms with Gasteiger partial charge in [0.05, 0.1) is 17.1 Å². The number of benzene rings is 2. The number of hydrogen-bond acceptors (Lipinski definition) is 5. The molecule has 2 aromatic carbocycles.